The summed E-state index contributed by atoms with van der Waals surface area (Å²) >= 11 is 0. The molecule has 2 rings (SSSR count). The molecule has 2 atom stereocenters. The van der Waals surface area contributed by atoms with Gasteiger partial charge in [-0.2, -0.15) is 0 Å². The Morgan fingerprint density at radius 2 is 2.21 bits per heavy atom. The summed E-state index contributed by atoms with van der Waals surface area (Å²) in [6.45, 7) is 3.55. The largest absolute Gasteiger partial charge is 0.466 e. The first kappa shape index (κ1) is 14.1. The third kappa shape index (κ3) is 3.82. The number of hydrogen-bond donors (Lipinski definition) is 0. The maximum atomic E-state index is 12.2. The van der Waals surface area contributed by atoms with Gasteiger partial charge in [-0.25, -0.2) is 0 Å². The molecule has 4 nitrogen and oxygen atoms in total. The molecule has 1 aliphatic carbocycles. The molecule has 0 aromatic heterocycles. The van der Waals surface area contributed by atoms with E-state index in [9.17, 15) is 9.59 Å². The van der Waals surface area contributed by atoms with E-state index in [-0.39, 0.29) is 17.8 Å². The second kappa shape index (κ2) is 6.73. The summed E-state index contributed by atoms with van der Waals surface area (Å²) in [5, 5.41) is 0. The molecule has 0 unspecified atom stereocenters. The Kier molecular flexibility index (Phi) is 5.00. The SMILES string of the molecule is CCOC(=O)[C@@H]1CCCN(C(=O)C[C@H]2C=CCC2)C1. The molecule has 19 heavy (non-hydrogen) atoms. The molecule has 0 bridgehead atoms. The summed E-state index contributed by atoms with van der Waals surface area (Å²) in [4.78, 5) is 25.8. The van der Waals surface area contributed by atoms with Crippen molar-refractivity contribution in [3.63, 3.8) is 0 Å². The lowest BCUT2D eigenvalue weighted by Gasteiger charge is -2.32. The Labute approximate surface area is 114 Å². The van der Waals surface area contributed by atoms with Crippen LogP contribution in [0.2, 0.25) is 0 Å². The van der Waals surface area contributed by atoms with Crippen molar-refractivity contribution in [1.29, 1.82) is 0 Å². The first-order chi connectivity index (χ1) is 9.20. The summed E-state index contributed by atoms with van der Waals surface area (Å²) in [6, 6.07) is 0. The fourth-order valence-corrected chi connectivity index (χ4v) is 2.87. The lowest BCUT2D eigenvalue weighted by Crippen LogP contribution is -2.43. The van der Waals surface area contributed by atoms with E-state index in [1.165, 1.54) is 0 Å². The number of allylic oxidation sites excluding steroid dienone is 2. The van der Waals surface area contributed by atoms with Crippen LogP contribution in [0, 0.1) is 11.8 Å². The lowest BCUT2D eigenvalue weighted by molar-refractivity contribution is -0.151. The number of ether oxygens (including phenoxy) is 1. The molecular formula is C15H23NO3. The fraction of sp³-hybridized carbons (Fsp3) is 0.733. The average Bonchev–Trinajstić information content (AvgIpc) is 2.92. The van der Waals surface area contributed by atoms with Gasteiger partial charge in [-0.15, -0.1) is 0 Å². The third-order valence-corrected chi connectivity index (χ3v) is 3.94. The van der Waals surface area contributed by atoms with E-state index in [2.05, 4.69) is 12.2 Å². The summed E-state index contributed by atoms with van der Waals surface area (Å²) < 4.78 is 5.05. The van der Waals surface area contributed by atoms with Crippen LogP contribution in [-0.4, -0.2) is 36.5 Å². The second-order valence-corrected chi connectivity index (χ2v) is 5.40. The van der Waals surface area contributed by atoms with Crippen LogP contribution in [0.15, 0.2) is 12.2 Å². The van der Waals surface area contributed by atoms with E-state index in [0.29, 0.717) is 25.5 Å². The van der Waals surface area contributed by atoms with E-state index in [0.717, 1.165) is 32.2 Å². The molecule has 0 N–H and O–H groups in total. The van der Waals surface area contributed by atoms with Crippen molar-refractivity contribution in [2.24, 2.45) is 11.8 Å². The van der Waals surface area contributed by atoms with Crippen molar-refractivity contribution in [3.05, 3.63) is 12.2 Å². The Hall–Kier alpha value is -1.32. The van der Waals surface area contributed by atoms with Crippen molar-refractivity contribution in [2.75, 3.05) is 19.7 Å². The number of esters is 1. The Balaban J connectivity index is 1.84. The molecule has 0 radical (unpaired) electrons. The van der Waals surface area contributed by atoms with Gasteiger partial charge in [0.1, 0.15) is 0 Å². The highest BCUT2D eigenvalue weighted by Crippen LogP contribution is 2.24. The molecule has 1 heterocycles. The van der Waals surface area contributed by atoms with Crippen LogP contribution < -0.4 is 0 Å². The Morgan fingerprint density at radius 3 is 2.89 bits per heavy atom. The van der Waals surface area contributed by atoms with Gasteiger partial charge in [0.15, 0.2) is 0 Å². The number of rotatable bonds is 4. The van der Waals surface area contributed by atoms with Gasteiger partial charge in [0.25, 0.3) is 0 Å². The Morgan fingerprint density at radius 1 is 1.37 bits per heavy atom. The van der Waals surface area contributed by atoms with Gasteiger partial charge in [0, 0.05) is 19.5 Å². The van der Waals surface area contributed by atoms with E-state index in [1.807, 2.05) is 11.8 Å². The van der Waals surface area contributed by atoms with E-state index >= 15 is 0 Å². The molecule has 106 valence electrons. The summed E-state index contributed by atoms with van der Waals surface area (Å²) in [5.74, 6) is 0.304. The molecular weight excluding hydrogens is 242 g/mol. The van der Waals surface area contributed by atoms with Gasteiger partial charge < -0.3 is 9.64 Å². The van der Waals surface area contributed by atoms with E-state index in [1.54, 1.807) is 0 Å². The lowest BCUT2D eigenvalue weighted by atomic mass is 9.96. The zero-order chi connectivity index (χ0) is 13.7. The van der Waals surface area contributed by atoms with Crippen molar-refractivity contribution < 1.29 is 14.3 Å². The maximum Gasteiger partial charge on any atom is 0.310 e. The van der Waals surface area contributed by atoms with Crippen LogP contribution in [0.3, 0.4) is 0 Å². The number of hydrogen-bond acceptors (Lipinski definition) is 3. The van der Waals surface area contributed by atoms with Crippen molar-refractivity contribution in [1.82, 2.24) is 4.90 Å². The van der Waals surface area contributed by atoms with Gasteiger partial charge in [-0.3, -0.25) is 9.59 Å². The highest BCUT2D eigenvalue weighted by atomic mass is 16.5. The number of nitrogens with zero attached hydrogens (tertiary/aromatic N) is 1. The maximum absolute atomic E-state index is 12.2. The number of piperidine rings is 1. The number of likely N-dealkylation sites (tertiary alicyclic amines) is 1. The minimum absolute atomic E-state index is 0.128. The van der Waals surface area contributed by atoms with Crippen LogP contribution in [0.4, 0.5) is 0 Å². The van der Waals surface area contributed by atoms with Crippen molar-refractivity contribution >= 4 is 11.9 Å². The topological polar surface area (TPSA) is 46.6 Å². The van der Waals surface area contributed by atoms with Gasteiger partial charge in [-0.05, 0) is 38.5 Å². The van der Waals surface area contributed by atoms with Crippen LogP contribution >= 0.6 is 0 Å². The predicted molar refractivity (Wildman–Crippen MR) is 72.4 cm³/mol. The summed E-state index contributed by atoms with van der Waals surface area (Å²) in [5.41, 5.74) is 0. The number of carbonyl (C=O) groups excluding carboxylic acids is 2. The minimum atomic E-state index is -0.152. The molecule has 0 saturated carbocycles. The van der Waals surface area contributed by atoms with Crippen LogP contribution in [0.25, 0.3) is 0 Å². The van der Waals surface area contributed by atoms with Crippen molar-refractivity contribution in [3.8, 4) is 0 Å². The van der Waals surface area contributed by atoms with Crippen molar-refractivity contribution in [2.45, 2.75) is 39.0 Å². The highest BCUT2D eigenvalue weighted by Gasteiger charge is 2.30. The van der Waals surface area contributed by atoms with Gasteiger partial charge in [0.05, 0.1) is 12.5 Å². The molecule has 4 heteroatoms. The van der Waals surface area contributed by atoms with Crippen LogP contribution in [0.5, 0.6) is 0 Å². The quantitative estimate of drug-likeness (QED) is 0.578. The first-order valence-corrected chi connectivity index (χ1v) is 7.31. The molecule has 1 saturated heterocycles. The minimum Gasteiger partial charge on any atom is -0.466 e. The molecule has 0 aromatic rings. The Bertz CT molecular complexity index is 364. The highest BCUT2D eigenvalue weighted by molar-refractivity contribution is 5.79. The molecule has 1 amide bonds. The average molecular weight is 265 g/mol. The predicted octanol–water partition coefficient (Wildman–Crippen LogP) is 2.14. The van der Waals surface area contributed by atoms with Crippen LogP contribution in [-0.2, 0) is 14.3 Å². The standard InChI is InChI=1S/C15H23NO3/c1-2-19-15(18)13-8-5-9-16(11-13)14(17)10-12-6-3-4-7-12/h3,6,12-13H,2,4-5,7-11H2,1H3/t12-,13+/m0/s1. The fourth-order valence-electron chi connectivity index (χ4n) is 2.87. The normalized spacial score (nSPS) is 26.5. The van der Waals surface area contributed by atoms with Gasteiger partial charge >= 0.3 is 5.97 Å². The zero-order valence-electron chi connectivity index (χ0n) is 11.6. The monoisotopic (exact) mass is 265 g/mol. The number of carbonyl (C=O) groups is 2. The van der Waals surface area contributed by atoms with E-state index in [4.69, 9.17) is 4.74 Å². The van der Waals surface area contributed by atoms with Gasteiger partial charge in [0.2, 0.25) is 5.91 Å². The third-order valence-electron chi connectivity index (χ3n) is 3.94. The van der Waals surface area contributed by atoms with Crippen LogP contribution in [0.1, 0.15) is 39.0 Å². The molecule has 1 aliphatic heterocycles. The number of amides is 1. The smallest absolute Gasteiger partial charge is 0.310 e. The molecule has 0 spiro atoms. The molecule has 1 fully saturated rings. The molecule has 2 aliphatic rings. The summed E-state index contributed by atoms with van der Waals surface area (Å²) in [7, 11) is 0. The molecule has 0 aromatic carbocycles. The van der Waals surface area contributed by atoms with Gasteiger partial charge in [-0.1, -0.05) is 12.2 Å². The second-order valence-electron chi connectivity index (χ2n) is 5.40. The first-order valence-electron chi connectivity index (χ1n) is 7.31. The summed E-state index contributed by atoms with van der Waals surface area (Å²) in [6.07, 6.45) is 8.79. The van der Waals surface area contributed by atoms with E-state index < -0.39 is 0 Å². The zero-order valence-corrected chi connectivity index (χ0v) is 11.6.